The van der Waals surface area contributed by atoms with Gasteiger partial charge in [-0.15, -0.1) is 0 Å². The Kier molecular flexibility index (Phi) is 5.07. The molecule has 3 aliphatic rings. The normalized spacial score (nSPS) is 46.9. The Hall–Kier alpha value is -0.160. The summed E-state index contributed by atoms with van der Waals surface area (Å²) in [5.41, 5.74) is -0.00359. The van der Waals surface area contributed by atoms with E-state index in [1.165, 1.54) is 19.3 Å². The third-order valence-corrected chi connectivity index (χ3v) is 7.86. The summed E-state index contributed by atoms with van der Waals surface area (Å²) in [7, 11) is 2.01. The highest BCUT2D eigenvalue weighted by Gasteiger charge is 2.54. The number of fused-ring (bicyclic) bond motifs is 1. The second kappa shape index (κ2) is 6.53. The van der Waals surface area contributed by atoms with Crippen molar-refractivity contribution in [1.29, 1.82) is 0 Å². The summed E-state index contributed by atoms with van der Waals surface area (Å²) in [6, 6.07) is 0.274. The lowest BCUT2D eigenvalue weighted by atomic mass is 9.61. The third-order valence-electron chi connectivity index (χ3n) is 7.86. The monoisotopic (exact) mass is 339 g/mol. The molecule has 0 unspecified atom stereocenters. The molecule has 2 aliphatic carbocycles. The molecule has 1 saturated heterocycles. The van der Waals surface area contributed by atoms with Crippen LogP contribution in [-0.2, 0) is 4.84 Å². The van der Waals surface area contributed by atoms with Crippen LogP contribution < -0.4 is 0 Å². The maximum atomic E-state index is 10.5. The number of hydrogen-bond donors (Lipinski definition) is 2. The Balaban J connectivity index is 1.72. The van der Waals surface area contributed by atoms with E-state index in [4.69, 9.17) is 4.84 Å². The van der Waals surface area contributed by atoms with E-state index in [1.54, 1.807) is 0 Å². The first kappa shape index (κ1) is 18.6. The Morgan fingerprint density at radius 3 is 2.58 bits per heavy atom. The lowest BCUT2D eigenvalue weighted by Gasteiger charge is -2.45. The number of aliphatic hydroxyl groups is 2. The fourth-order valence-corrected chi connectivity index (χ4v) is 6.55. The van der Waals surface area contributed by atoms with Gasteiger partial charge in [0.2, 0.25) is 0 Å². The van der Waals surface area contributed by atoms with Crippen molar-refractivity contribution >= 4 is 0 Å². The van der Waals surface area contributed by atoms with E-state index in [0.717, 1.165) is 19.3 Å². The van der Waals surface area contributed by atoms with Crippen LogP contribution in [0.1, 0.15) is 66.2 Å². The van der Waals surface area contributed by atoms with Gasteiger partial charge in [0.05, 0.1) is 18.3 Å². The highest BCUT2D eigenvalue weighted by molar-refractivity contribution is 5.03. The van der Waals surface area contributed by atoms with Crippen LogP contribution in [0.5, 0.6) is 0 Å². The van der Waals surface area contributed by atoms with Gasteiger partial charge in [-0.3, -0.25) is 4.84 Å². The molecule has 1 aliphatic heterocycles. The molecule has 3 fully saturated rings. The van der Waals surface area contributed by atoms with Gasteiger partial charge >= 0.3 is 0 Å². The molecule has 140 valence electrons. The molecule has 4 heteroatoms. The summed E-state index contributed by atoms with van der Waals surface area (Å²) in [6.07, 6.45) is 6.80. The van der Waals surface area contributed by atoms with Gasteiger partial charge in [0.25, 0.3) is 0 Å². The van der Waals surface area contributed by atoms with Crippen LogP contribution in [0.3, 0.4) is 0 Å². The summed E-state index contributed by atoms with van der Waals surface area (Å²) < 4.78 is 0. The molecule has 0 radical (unpaired) electrons. The van der Waals surface area contributed by atoms with Gasteiger partial charge in [0.1, 0.15) is 0 Å². The lowest BCUT2D eigenvalue weighted by molar-refractivity contribution is -0.181. The first-order valence-electron chi connectivity index (χ1n) is 9.91. The molecule has 3 rings (SSSR count). The van der Waals surface area contributed by atoms with Crippen LogP contribution in [-0.4, -0.2) is 46.7 Å². The predicted octanol–water partition coefficient (Wildman–Crippen LogP) is 3.22. The Morgan fingerprint density at radius 1 is 1.21 bits per heavy atom. The molecule has 0 bridgehead atoms. The van der Waals surface area contributed by atoms with Crippen LogP contribution in [0.25, 0.3) is 0 Å². The van der Waals surface area contributed by atoms with E-state index < -0.39 is 0 Å². The minimum absolute atomic E-state index is 0.0949. The summed E-state index contributed by atoms with van der Waals surface area (Å²) in [6.45, 7) is 9.15. The fraction of sp³-hybridized carbons (Fsp3) is 1.00. The van der Waals surface area contributed by atoms with Gasteiger partial charge in [-0.1, -0.05) is 20.3 Å². The van der Waals surface area contributed by atoms with Crippen molar-refractivity contribution in [3.05, 3.63) is 0 Å². The van der Waals surface area contributed by atoms with Crippen LogP contribution in [0, 0.1) is 29.1 Å². The first-order chi connectivity index (χ1) is 11.2. The van der Waals surface area contributed by atoms with Crippen molar-refractivity contribution in [3.63, 3.8) is 0 Å². The van der Waals surface area contributed by atoms with E-state index in [0.29, 0.717) is 23.2 Å². The van der Waals surface area contributed by atoms with Crippen molar-refractivity contribution in [3.8, 4) is 0 Å². The van der Waals surface area contributed by atoms with Gasteiger partial charge < -0.3 is 10.2 Å². The molecule has 0 amide bonds. The first-order valence-corrected chi connectivity index (χ1v) is 9.91. The Labute approximate surface area is 147 Å². The summed E-state index contributed by atoms with van der Waals surface area (Å²) in [5, 5.41) is 22.3. The molecule has 24 heavy (non-hydrogen) atoms. The number of aliphatic hydroxyl groups excluding tert-OH is 2. The third kappa shape index (κ3) is 2.94. The van der Waals surface area contributed by atoms with Gasteiger partial charge in [-0.05, 0) is 69.1 Å². The number of rotatable bonds is 4. The smallest absolute Gasteiger partial charge is 0.0909 e. The van der Waals surface area contributed by atoms with Crippen LogP contribution in [0.2, 0.25) is 0 Å². The molecule has 0 aromatic rings. The zero-order chi connectivity index (χ0) is 17.7. The molecule has 7 atom stereocenters. The topological polar surface area (TPSA) is 52.9 Å². The van der Waals surface area contributed by atoms with Crippen LogP contribution in [0.15, 0.2) is 0 Å². The molecule has 2 saturated carbocycles. The van der Waals surface area contributed by atoms with Crippen molar-refractivity contribution in [1.82, 2.24) is 5.06 Å². The van der Waals surface area contributed by atoms with Crippen molar-refractivity contribution in [2.75, 3.05) is 13.7 Å². The van der Waals surface area contributed by atoms with Crippen LogP contribution in [0.4, 0.5) is 0 Å². The zero-order valence-corrected chi connectivity index (χ0v) is 16.2. The zero-order valence-electron chi connectivity index (χ0n) is 16.2. The highest BCUT2D eigenvalue weighted by atomic mass is 16.7. The molecular formula is C20H37NO3. The quantitative estimate of drug-likeness (QED) is 0.826. The SMILES string of the molecule is C[C@H](C[C@H]1[C@H](CO)C(C)(C)ON1C)[C@H]1CC[C@@H]2[C@@H](O)CCC[C@]12C. The average Bonchev–Trinajstić information content (AvgIpc) is 2.94. The molecule has 4 nitrogen and oxygen atoms in total. The van der Waals surface area contributed by atoms with Gasteiger partial charge in [-0.2, -0.15) is 5.06 Å². The summed E-state index contributed by atoms with van der Waals surface area (Å²) >= 11 is 0. The Morgan fingerprint density at radius 2 is 1.92 bits per heavy atom. The maximum absolute atomic E-state index is 10.5. The average molecular weight is 340 g/mol. The summed E-state index contributed by atoms with van der Waals surface area (Å²) in [4.78, 5) is 6.01. The van der Waals surface area contributed by atoms with Gasteiger partial charge in [0.15, 0.2) is 0 Å². The van der Waals surface area contributed by atoms with Crippen molar-refractivity contribution < 1.29 is 15.1 Å². The largest absolute Gasteiger partial charge is 0.396 e. The van der Waals surface area contributed by atoms with Crippen molar-refractivity contribution in [2.45, 2.75) is 84.0 Å². The van der Waals surface area contributed by atoms with Gasteiger partial charge in [0, 0.05) is 19.0 Å². The van der Waals surface area contributed by atoms with E-state index in [1.807, 2.05) is 12.1 Å². The minimum Gasteiger partial charge on any atom is -0.396 e. The molecule has 0 aromatic carbocycles. The lowest BCUT2D eigenvalue weighted by Crippen LogP contribution is -2.43. The van der Waals surface area contributed by atoms with E-state index in [9.17, 15) is 10.2 Å². The fourth-order valence-electron chi connectivity index (χ4n) is 6.55. The minimum atomic E-state index is -0.295. The van der Waals surface area contributed by atoms with E-state index in [-0.39, 0.29) is 30.3 Å². The maximum Gasteiger partial charge on any atom is 0.0909 e. The van der Waals surface area contributed by atoms with Crippen LogP contribution >= 0.6 is 0 Å². The number of nitrogens with zero attached hydrogens (tertiary/aromatic N) is 1. The highest BCUT2D eigenvalue weighted by Crippen LogP contribution is 2.58. The molecule has 2 N–H and O–H groups in total. The second-order valence-electron chi connectivity index (χ2n) is 9.57. The molecular weight excluding hydrogens is 302 g/mol. The molecule has 1 heterocycles. The predicted molar refractivity (Wildman–Crippen MR) is 95.3 cm³/mol. The van der Waals surface area contributed by atoms with Gasteiger partial charge in [-0.25, -0.2) is 0 Å². The standard InChI is InChI=1S/C20H37NO3/c1-13(11-17-16(12-22)19(2,3)24-21(17)5)14-8-9-15-18(23)7-6-10-20(14,15)4/h13-18,22-23H,6-12H2,1-5H3/t13-,14-,15-,16+,17+,18+,20-/m1/s1. The second-order valence-corrected chi connectivity index (χ2v) is 9.57. The van der Waals surface area contributed by atoms with Crippen molar-refractivity contribution in [2.24, 2.45) is 29.1 Å². The van der Waals surface area contributed by atoms with E-state index in [2.05, 4.69) is 27.7 Å². The molecule has 0 aromatic heterocycles. The Bertz CT molecular complexity index is 454. The van der Waals surface area contributed by atoms with E-state index >= 15 is 0 Å². The number of hydrogen-bond acceptors (Lipinski definition) is 4. The summed E-state index contributed by atoms with van der Waals surface area (Å²) in [5.74, 6) is 1.91. The molecule has 0 spiro atoms. The number of hydroxylamine groups is 2.